The second-order valence-electron chi connectivity index (χ2n) is 5.97. The highest BCUT2D eigenvalue weighted by molar-refractivity contribution is 5.24. The molecule has 0 radical (unpaired) electrons. The van der Waals surface area contributed by atoms with Crippen LogP contribution in [0, 0.1) is 0 Å². The van der Waals surface area contributed by atoms with E-state index in [0.29, 0.717) is 12.1 Å². The van der Waals surface area contributed by atoms with Crippen molar-refractivity contribution in [1.29, 1.82) is 0 Å². The normalized spacial score (nSPS) is 28.9. The maximum atomic E-state index is 5.59. The number of aryl methyl sites for hydroxylation is 1. The van der Waals surface area contributed by atoms with Gasteiger partial charge < -0.3 is 14.6 Å². The van der Waals surface area contributed by atoms with Crippen LogP contribution in [0.3, 0.4) is 0 Å². The second-order valence-corrected chi connectivity index (χ2v) is 5.97. The zero-order valence-corrected chi connectivity index (χ0v) is 12.0. The first-order valence-corrected chi connectivity index (χ1v) is 7.91. The molecule has 0 spiro atoms. The van der Waals surface area contributed by atoms with Crippen molar-refractivity contribution in [2.45, 2.75) is 57.5 Å². The van der Waals surface area contributed by atoms with Gasteiger partial charge in [-0.25, -0.2) is 0 Å². The van der Waals surface area contributed by atoms with Crippen LogP contribution in [0.25, 0.3) is 0 Å². The molecule has 3 heteroatoms. The molecular weight excluding hydrogens is 236 g/mol. The Morgan fingerprint density at radius 1 is 1.26 bits per heavy atom. The Hall–Kier alpha value is -0.800. The van der Waals surface area contributed by atoms with Crippen molar-refractivity contribution in [3.8, 4) is 0 Å². The van der Waals surface area contributed by atoms with Gasteiger partial charge in [-0.05, 0) is 57.8 Å². The molecule has 0 saturated carbocycles. The molecule has 1 aliphatic heterocycles. The van der Waals surface area contributed by atoms with Gasteiger partial charge in [0.05, 0.1) is 6.26 Å². The standard InChI is InChI=1S/C16H26N2O/c1-2-18-10-4-5-13(8-11-18)17-15-6-3-7-16-14(15)9-12-19-16/h9,12-13,15,17H,2-8,10-11H2,1H3. The van der Waals surface area contributed by atoms with Gasteiger partial charge in [-0.15, -0.1) is 0 Å². The zero-order chi connectivity index (χ0) is 13.1. The van der Waals surface area contributed by atoms with E-state index in [1.807, 2.05) is 6.26 Å². The molecular formula is C16H26N2O. The van der Waals surface area contributed by atoms with Gasteiger partial charge >= 0.3 is 0 Å². The molecule has 2 aliphatic rings. The minimum Gasteiger partial charge on any atom is -0.469 e. The molecule has 3 nitrogen and oxygen atoms in total. The first-order valence-electron chi connectivity index (χ1n) is 7.91. The van der Waals surface area contributed by atoms with E-state index < -0.39 is 0 Å². The van der Waals surface area contributed by atoms with E-state index in [2.05, 4.69) is 23.2 Å². The summed E-state index contributed by atoms with van der Waals surface area (Å²) in [5.74, 6) is 1.22. The summed E-state index contributed by atoms with van der Waals surface area (Å²) in [7, 11) is 0. The number of hydrogen-bond acceptors (Lipinski definition) is 3. The number of fused-ring (bicyclic) bond motifs is 1. The molecule has 1 saturated heterocycles. The van der Waals surface area contributed by atoms with Crippen LogP contribution in [0.5, 0.6) is 0 Å². The number of furan rings is 1. The van der Waals surface area contributed by atoms with Gasteiger partial charge in [0, 0.05) is 24.1 Å². The lowest BCUT2D eigenvalue weighted by molar-refractivity contribution is 0.293. The number of hydrogen-bond donors (Lipinski definition) is 1. The van der Waals surface area contributed by atoms with Gasteiger partial charge in [-0.2, -0.15) is 0 Å². The van der Waals surface area contributed by atoms with Gasteiger partial charge in [0.1, 0.15) is 5.76 Å². The lowest BCUT2D eigenvalue weighted by Crippen LogP contribution is -2.35. The van der Waals surface area contributed by atoms with E-state index >= 15 is 0 Å². The van der Waals surface area contributed by atoms with E-state index in [9.17, 15) is 0 Å². The Morgan fingerprint density at radius 3 is 3.11 bits per heavy atom. The van der Waals surface area contributed by atoms with Crippen molar-refractivity contribution in [3.63, 3.8) is 0 Å². The zero-order valence-electron chi connectivity index (χ0n) is 12.0. The highest BCUT2D eigenvalue weighted by Gasteiger charge is 2.25. The Morgan fingerprint density at radius 2 is 2.21 bits per heavy atom. The van der Waals surface area contributed by atoms with Gasteiger partial charge in [-0.1, -0.05) is 6.92 Å². The Balaban J connectivity index is 1.60. The van der Waals surface area contributed by atoms with Crippen molar-refractivity contribution >= 4 is 0 Å². The molecule has 106 valence electrons. The minimum atomic E-state index is 0.528. The Kier molecular flexibility index (Phi) is 4.24. The summed E-state index contributed by atoms with van der Waals surface area (Å²) in [6.07, 6.45) is 9.44. The molecule has 19 heavy (non-hydrogen) atoms. The van der Waals surface area contributed by atoms with E-state index in [4.69, 9.17) is 4.42 Å². The second kappa shape index (κ2) is 6.10. The SMILES string of the molecule is CCN1CCCC(NC2CCCc3occc32)CC1. The molecule has 0 bridgehead atoms. The molecule has 1 fully saturated rings. The number of nitrogens with zero attached hydrogens (tertiary/aromatic N) is 1. The van der Waals surface area contributed by atoms with Crippen LogP contribution in [0.2, 0.25) is 0 Å². The van der Waals surface area contributed by atoms with E-state index in [1.54, 1.807) is 0 Å². The van der Waals surface area contributed by atoms with Crippen LogP contribution in [-0.2, 0) is 6.42 Å². The molecule has 1 N–H and O–H groups in total. The lowest BCUT2D eigenvalue weighted by atomic mass is 9.92. The van der Waals surface area contributed by atoms with Crippen molar-refractivity contribution in [1.82, 2.24) is 10.2 Å². The fourth-order valence-corrected chi connectivity index (χ4v) is 3.58. The first-order chi connectivity index (χ1) is 9.36. The summed E-state index contributed by atoms with van der Waals surface area (Å²) in [5.41, 5.74) is 1.42. The van der Waals surface area contributed by atoms with Crippen molar-refractivity contribution < 1.29 is 4.42 Å². The average Bonchev–Trinajstić information content (AvgIpc) is 2.80. The van der Waals surface area contributed by atoms with Gasteiger partial charge in [0.25, 0.3) is 0 Å². The summed E-state index contributed by atoms with van der Waals surface area (Å²) in [6.45, 7) is 5.99. The molecule has 3 rings (SSSR count). The van der Waals surface area contributed by atoms with E-state index in [1.165, 1.54) is 63.1 Å². The topological polar surface area (TPSA) is 28.4 Å². The Labute approximate surface area is 116 Å². The maximum absolute atomic E-state index is 5.59. The predicted octanol–water partition coefficient (Wildman–Crippen LogP) is 3.12. The lowest BCUT2D eigenvalue weighted by Gasteiger charge is -2.28. The number of rotatable bonds is 3. The highest BCUT2D eigenvalue weighted by atomic mass is 16.3. The number of nitrogens with one attached hydrogen (secondary N) is 1. The first kappa shape index (κ1) is 13.2. The van der Waals surface area contributed by atoms with Crippen molar-refractivity contribution in [2.75, 3.05) is 19.6 Å². The highest BCUT2D eigenvalue weighted by Crippen LogP contribution is 2.31. The van der Waals surface area contributed by atoms with E-state index in [-0.39, 0.29) is 0 Å². The summed E-state index contributed by atoms with van der Waals surface area (Å²) in [6, 6.07) is 3.38. The van der Waals surface area contributed by atoms with Gasteiger partial charge in [-0.3, -0.25) is 0 Å². The molecule has 2 heterocycles. The van der Waals surface area contributed by atoms with Crippen LogP contribution in [0.1, 0.15) is 56.4 Å². The molecule has 1 aromatic rings. The maximum Gasteiger partial charge on any atom is 0.108 e. The smallest absolute Gasteiger partial charge is 0.108 e. The predicted molar refractivity (Wildman–Crippen MR) is 77.3 cm³/mol. The molecule has 0 aromatic carbocycles. The Bertz CT molecular complexity index is 401. The average molecular weight is 262 g/mol. The monoisotopic (exact) mass is 262 g/mol. The minimum absolute atomic E-state index is 0.528. The van der Waals surface area contributed by atoms with Crippen molar-refractivity contribution in [3.05, 3.63) is 23.7 Å². The van der Waals surface area contributed by atoms with E-state index in [0.717, 1.165) is 6.42 Å². The molecule has 2 atom stereocenters. The molecule has 1 aromatic heterocycles. The summed E-state index contributed by atoms with van der Waals surface area (Å²) in [5, 5.41) is 3.90. The molecule has 2 unspecified atom stereocenters. The summed E-state index contributed by atoms with van der Waals surface area (Å²) in [4.78, 5) is 2.58. The van der Waals surface area contributed by atoms with Crippen LogP contribution >= 0.6 is 0 Å². The van der Waals surface area contributed by atoms with Crippen LogP contribution < -0.4 is 5.32 Å². The quantitative estimate of drug-likeness (QED) is 0.907. The van der Waals surface area contributed by atoms with Crippen LogP contribution in [0.4, 0.5) is 0 Å². The van der Waals surface area contributed by atoms with Gasteiger partial charge in [0.2, 0.25) is 0 Å². The third kappa shape index (κ3) is 3.03. The largest absolute Gasteiger partial charge is 0.469 e. The van der Waals surface area contributed by atoms with Crippen LogP contribution in [0.15, 0.2) is 16.7 Å². The third-order valence-corrected chi connectivity index (χ3v) is 4.76. The summed E-state index contributed by atoms with van der Waals surface area (Å²) < 4.78 is 5.59. The molecule has 1 aliphatic carbocycles. The number of likely N-dealkylation sites (tertiary alicyclic amines) is 1. The fraction of sp³-hybridized carbons (Fsp3) is 0.750. The summed E-state index contributed by atoms with van der Waals surface area (Å²) >= 11 is 0. The van der Waals surface area contributed by atoms with Gasteiger partial charge in [0.15, 0.2) is 0 Å². The van der Waals surface area contributed by atoms with Crippen molar-refractivity contribution in [2.24, 2.45) is 0 Å². The fourth-order valence-electron chi connectivity index (χ4n) is 3.58. The third-order valence-electron chi connectivity index (χ3n) is 4.76. The van der Waals surface area contributed by atoms with Crippen LogP contribution in [-0.4, -0.2) is 30.6 Å². The molecule has 0 amide bonds.